The first-order chi connectivity index (χ1) is 8.08. The Morgan fingerprint density at radius 1 is 1.29 bits per heavy atom. The van der Waals surface area contributed by atoms with E-state index in [1.807, 2.05) is 6.92 Å². The van der Waals surface area contributed by atoms with Crippen LogP contribution in [-0.2, 0) is 6.42 Å². The van der Waals surface area contributed by atoms with E-state index in [0.29, 0.717) is 6.42 Å². The fraction of sp³-hybridized carbons (Fsp3) is 0.385. The summed E-state index contributed by atoms with van der Waals surface area (Å²) >= 11 is 1.28. The van der Waals surface area contributed by atoms with Crippen LogP contribution in [-0.4, -0.2) is 14.7 Å². The number of hydrogen-bond acceptors (Lipinski definition) is 4. The van der Waals surface area contributed by atoms with Crippen molar-refractivity contribution < 1.29 is 5.11 Å². The third-order valence-electron chi connectivity index (χ3n) is 2.91. The number of hydrogen-bond donors (Lipinski definition) is 1. The molecular weight excluding hydrogens is 232 g/mol. The molecule has 0 spiro atoms. The number of aliphatic hydroxyl groups is 1. The van der Waals surface area contributed by atoms with Crippen LogP contribution in [0.15, 0.2) is 18.2 Å². The lowest BCUT2D eigenvalue weighted by Gasteiger charge is -2.11. The van der Waals surface area contributed by atoms with Crippen molar-refractivity contribution in [2.24, 2.45) is 0 Å². The highest BCUT2D eigenvalue weighted by molar-refractivity contribution is 7.05. The molecule has 0 bridgehead atoms. The molecule has 2 aromatic rings. The number of aryl methyl sites for hydroxylation is 3. The zero-order valence-electron chi connectivity index (χ0n) is 10.3. The molecule has 1 atom stereocenters. The van der Waals surface area contributed by atoms with Gasteiger partial charge >= 0.3 is 0 Å². The van der Waals surface area contributed by atoms with Gasteiger partial charge in [-0.05, 0) is 43.4 Å². The van der Waals surface area contributed by atoms with Gasteiger partial charge in [0, 0.05) is 6.42 Å². The van der Waals surface area contributed by atoms with E-state index in [2.05, 4.69) is 41.6 Å². The summed E-state index contributed by atoms with van der Waals surface area (Å²) in [6.45, 7) is 6.01. The van der Waals surface area contributed by atoms with E-state index in [0.717, 1.165) is 10.6 Å². The smallest absolute Gasteiger partial charge is 0.0957 e. The van der Waals surface area contributed by atoms with Gasteiger partial charge in [0.2, 0.25) is 0 Å². The summed E-state index contributed by atoms with van der Waals surface area (Å²) < 4.78 is 3.86. The fourth-order valence-corrected chi connectivity index (χ4v) is 2.49. The van der Waals surface area contributed by atoms with E-state index in [9.17, 15) is 5.11 Å². The van der Waals surface area contributed by atoms with Crippen LogP contribution < -0.4 is 0 Å². The Morgan fingerprint density at radius 3 is 2.71 bits per heavy atom. The van der Waals surface area contributed by atoms with E-state index < -0.39 is 6.10 Å². The predicted octanol–water partition coefficient (Wildman–Crippen LogP) is 2.74. The van der Waals surface area contributed by atoms with Crippen LogP contribution in [0.5, 0.6) is 0 Å². The topological polar surface area (TPSA) is 46.0 Å². The first kappa shape index (κ1) is 12.2. The van der Waals surface area contributed by atoms with E-state index >= 15 is 0 Å². The molecule has 90 valence electrons. The van der Waals surface area contributed by atoms with E-state index in [-0.39, 0.29) is 0 Å². The molecule has 1 unspecified atom stereocenters. The minimum absolute atomic E-state index is 0.504. The van der Waals surface area contributed by atoms with Gasteiger partial charge in [0.15, 0.2) is 0 Å². The van der Waals surface area contributed by atoms with Crippen LogP contribution in [0.1, 0.15) is 33.4 Å². The summed E-state index contributed by atoms with van der Waals surface area (Å²) in [6.07, 6.45) is 0.119. The highest BCUT2D eigenvalue weighted by Crippen LogP contribution is 2.25. The highest BCUT2D eigenvalue weighted by Gasteiger charge is 2.15. The van der Waals surface area contributed by atoms with Crippen molar-refractivity contribution in [2.45, 2.75) is 33.3 Å². The Bertz CT molecular complexity index is 522. The summed E-state index contributed by atoms with van der Waals surface area (Å²) in [5, 5.41) is 14.1. The molecule has 0 aliphatic rings. The number of nitrogens with zero attached hydrogens (tertiary/aromatic N) is 2. The molecule has 1 aromatic carbocycles. The molecule has 0 saturated heterocycles. The van der Waals surface area contributed by atoms with Crippen molar-refractivity contribution in [3.8, 4) is 0 Å². The van der Waals surface area contributed by atoms with Crippen LogP contribution in [0.25, 0.3) is 0 Å². The van der Waals surface area contributed by atoms with Gasteiger partial charge in [-0.25, -0.2) is 0 Å². The minimum Gasteiger partial charge on any atom is -0.387 e. The zero-order chi connectivity index (χ0) is 12.4. The highest BCUT2D eigenvalue weighted by atomic mass is 32.1. The van der Waals surface area contributed by atoms with E-state index in [4.69, 9.17) is 0 Å². The van der Waals surface area contributed by atoms with E-state index in [1.54, 1.807) is 0 Å². The number of aliphatic hydroxyl groups excluding tert-OH is 1. The Labute approximate surface area is 105 Å². The molecular formula is C13H16N2OS. The third-order valence-corrected chi connectivity index (χ3v) is 3.83. The van der Waals surface area contributed by atoms with Crippen LogP contribution in [0, 0.1) is 20.8 Å². The van der Waals surface area contributed by atoms with Crippen molar-refractivity contribution in [3.05, 3.63) is 45.5 Å². The summed E-state index contributed by atoms with van der Waals surface area (Å²) in [4.78, 5) is 0.867. The van der Waals surface area contributed by atoms with Gasteiger partial charge in [0.05, 0.1) is 16.7 Å². The lowest BCUT2D eigenvalue weighted by atomic mass is 9.99. The van der Waals surface area contributed by atoms with Gasteiger partial charge in [-0.2, -0.15) is 0 Å². The molecule has 1 heterocycles. The van der Waals surface area contributed by atoms with Crippen molar-refractivity contribution >= 4 is 11.5 Å². The fourth-order valence-electron chi connectivity index (χ4n) is 1.86. The van der Waals surface area contributed by atoms with Crippen LogP contribution in [0.4, 0.5) is 0 Å². The van der Waals surface area contributed by atoms with Crippen molar-refractivity contribution in [2.75, 3.05) is 0 Å². The van der Waals surface area contributed by atoms with Crippen LogP contribution in [0.2, 0.25) is 0 Å². The lowest BCUT2D eigenvalue weighted by Crippen LogP contribution is -2.03. The van der Waals surface area contributed by atoms with Gasteiger partial charge < -0.3 is 5.11 Å². The molecule has 0 aliphatic heterocycles. The normalized spacial score (nSPS) is 12.7. The maximum Gasteiger partial charge on any atom is 0.0957 e. The Morgan fingerprint density at radius 2 is 2.06 bits per heavy atom. The molecule has 4 heteroatoms. The SMILES string of the molecule is Cc1ccc(C)c(CC(O)c2snnc2C)c1. The molecule has 2 rings (SSSR count). The van der Waals surface area contributed by atoms with E-state index in [1.165, 1.54) is 28.2 Å². The summed E-state index contributed by atoms with van der Waals surface area (Å²) in [5.41, 5.74) is 4.44. The first-order valence-corrected chi connectivity index (χ1v) is 6.38. The second kappa shape index (κ2) is 4.94. The Kier molecular flexibility index (Phi) is 3.54. The number of rotatable bonds is 3. The largest absolute Gasteiger partial charge is 0.387 e. The molecule has 1 aromatic heterocycles. The summed E-state index contributed by atoms with van der Waals surface area (Å²) in [5.74, 6) is 0. The summed E-state index contributed by atoms with van der Waals surface area (Å²) in [7, 11) is 0. The van der Waals surface area contributed by atoms with Crippen LogP contribution >= 0.6 is 11.5 Å². The molecule has 0 saturated carbocycles. The Hall–Kier alpha value is -1.26. The molecule has 0 radical (unpaired) electrons. The molecule has 1 N–H and O–H groups in total. The molecule has 0 fully saturated rings. The Balaban J connectivity index is 2.21. The second-order valence-corrected chi connectivity index (χ2v) is 5.16. The number of aromatic nitrogens is 2. The average Bonchev–Trinajstić information content (AvgIpc) is 2.70. The van der Waals surface area contributed by atoms with Gasteiger partial charge in [-0.1, -0.05) is 28.3 Å². The standard InChI is InChI=1S/C13H16N2OS/c1-8-4-5-9(2)11(6-8)7-12(16)13-10(3)14-15-17-13/h4-6,12,16H,7H2,1-3H3. The van der Waals surface area contributed by atoms with Crippen LogP contribution in [0.3, 0.4) is 0 Å². The van der Waals surface area contributed by atoms with Crippen molar-refractivity contribution in [1.82, 2.24) is 9.59 Å². The molecule has 17 heavy (non-hydrogen) atoms. The monoisotopic (exact) mass is 248 g/mol. The lowest BCUT2D eigenvalue weighted by molar-refractivity contribution is 0.181. The molecule has 0 aliphatic carbocycles. The van der Waals surface area contributed by atoms with Gasteiger partial charge in [-0.3, -0.25) is 0 Å². The minimum atomic E-state index is -0.504. The zero-order valence-corrected chi connectivity index (χ0v) is 11.1. The average molecular weight is 248 g/mol. The quantitative estimate of drug-likeness (QED) is 0.908. The summed E-state index contributed by atoms with van der Waals surface area (Å²) in [6, 6.07) is 6.31. The molecule has 3 nitrogen and oxygen atoms in total. The number of benzene rings is 1. The first-order valence-electron chi connectivity index (χ1n) is 5.61. The van der Waals surface area contributed by atoms with Crippen molar-refractivity contribution in [1.29, 1.82) is 0 Å². The second-order valence-electron chi connectivity index (χ2n) is 4.37. The van der Waals surface area contributed by atoms with Gasteiger partial charge in [0.1, 0.15) is 0 Å². The van der Waals surface area contributed by atoms with Crippen molar-refractivity contribution in [3.63, 3.8) is 0 Å². The predicted molar refractivity (Wildman–Crippen MR) is 69.2 cm³/mol. The maximum atomic E-state index is 10.2. The van der Waals surface area contributed by atoms with Gasteiger partial charge in [0.25, 0.3) is 0 Å². The third kappa shape index (κ3) is 2.70. The molecule has 0 amide bonds. The van der Waals surface area contributed by atoms with Gasteiger partial charge in [-0.15, -0.1) is 5.10 Å². The maximum absolute atomic E-state index is 10.2.